The molecule has 4 heterocycles. The SMILES string of the molecule is C[C@@H](C1CC1)N1Cc2cc(-c3cnc4[nH]c(N)c(C(=O)NC5COC5)c4n3)cc(C(F)(F)F)c2C1=O. The minimum atomic E-state index is -4.74. The van der Waals surface area contributed by atoms with Gasteiger partial charge in [0.2, 0.25) is 0 Å². The van der Waals surface area contributed by atoms with E-state index in [0.717, 1.165) is 18.9 Å². The lowest BCUT2D eigenvalue weighted by atomic mass is 9.97. The molecule has 1 atom stereocenters. The maximum absolute atomic E-state index is 14.1. The number of nitrogens with two attached hydrogens (primary N) is 1. The van der Waals surface area contributed by atoms with E-state index in [1.54, 1.807) is 6.07 Å². The van der Waals surface area contributed by atoms with E-state index in [-0.39, 0.29) is 58.0 Å². The van der Waals surface area contributed by atoms with Crippen LogP contribution in [0.1, 0.15) is 51.6 Å². The molecule has 2 amide bonds. The molecule has 1 aromatic carbocycles. The van der Waals surface area contributed by atoms with Gasteiger partial charge in [0, 0.05) is 18.2 Å². The Morgan fingerprint density at radius 1 is 1.31 bits per heavy atom. The first-order valence-corrected chi connectivity index (χ1v) is 11.7. The number of anilines is 1. The molecular formula is C24H23F3N6O3. The molecule has 0 spiro atoms. The van der Waals surface area contributed by atoms with Gasteiger partial charge in [-0.2, -0.15) is 13.2 Å². The maximum atomic E-state index is 14.1. The molecule has 4 N–H and O–H groups in total. The number of carbonyl (C=O) groups is 2. The van der Waals surface area contributed by atoms with Crippen LogP contribution in [0.25, 0.3) is 22.4 Å². The summed E-state index contributed by atoms with van der Waals surface area (Å²) in [6, 6.07) is 2.21. The molecular weight excluding hydrogens is 477 g/mol. The van der Waals surface area contributed by atoms with Gasteiger partial charge >= 0.3 is 6.18 Å². The molecule has 9 nitrogen and oxygen atoms in total. The number of hydrogen-bond donors (Lipinski definition) is 3. The molecule has 1 saturated heterocycles. The Bertz CT molecular complexity index is 1410. The molecule has 0 unspecified atom stereocenters. The highest BCUT2D eigenvalue weighted by Gasteiger charge is 2.44. The fraction of sp³-hybridized carbons (Fsp3) is 0.417. The Kier molecular flexibility index (Phi) is 5.01. The molecule has 3 aromatic rings. The van der Waals surface area contributed by atoms with Gasteiger partial charge in [-0.05, 0) is 43.4 Å². The lowest BCUT2D eigenvalue weighted by Gasteiger charge is -2.26. The van der Waals surface area contributed by atoms with E-state index in [2.05, 4.69) is 20.3 Å². The molecule has 3 aliphatic rings. The Balaban J connectivity index is 1.43. The summed E-state index contributed by atoms with van der Waals surface area (Å²) in [6.07, 6.45) is -1.47. The summed E-state index contributed by atoms with van der Waals surface area (Å²) < 4.78 is 47.4. The molecule has 36 heavy (non-hydrogen) atoms. The minimum absolute atomic E-state index is 0.0557. The van der Waals surface area contributed by atoms with Crippen LogP contribution in [-0.4, -0.2) is 57.0 Å². The minimum Gasteiger partial charge on any atom is -0.384 e. The first kappa shape index (κ1) is 22.8. The number of hydrogen-bond acceptors (Lipinski definition) is 6. The fourth-order valence-electron chi connectivity index (χ4n) is 4.93. The molecule has 0 radical (unpaired) electrons. The number of H-pyrrole nitrogens is 1. The van der Waals surface area contributed by atoms with Crippen molar-refractivity contribution in [3.63, 3.8) is 0 Å². The standard InChI is InChI=1S/C24H23F3N6O3/c1-10(11-2-3-11)33-7-13-4-12(5-15(24(25,26)27)17(13)23(33)35)16-6-29-21-19(31-16)18(20(28)32-21)22(34)30-14-8-36-9-14/h4-6,10-11,14H,2-3,7-9,28H2,1H3,(H,29,32)(H,30,34)/t10-/m0/s1. The number of benzene rings is 1. The van der Waals surface area contributed by atoms with Crippen LogP contribution in [0.3, 0.4) is 0 Å². The van der Waals surface area contributed by atoms with E-state index in [1.807, 2.05) is 6.92 Å². The zero-order valence-electron chi connectivity index (χ0n) is 19.3. The molecule has 188 valence electrons. The van der Waals surface area contributed by atoms with Crippen molar-refractivity contribution >= 4 is 28.8 Å². The van der Waals surface area contributed by atoms with E-state index in [4.69, 9.17) is 10.5 Å². The van der Waals surface area contributed by atoms with Crippen molar-refractivity contribution < 1.29 is 27.5 Å². The van der Waals surface area contributed by atoms with E-state index < -0.39 is 23.6 Å². The molecule has 0 bridgehead atoms. The van der Waals surface area contributed by atoms with Crippen molar-refractivity contribution in [3.05, 3.63) is 40.6 Å². The zero-order chi connectivity index (χ0) is 25.4. The highest BCUT2D eigenvalue weighted by atomic mass is 19.4. The second kappa shape index (κ2) is 7.92. The van der Waals surface area contributed by atoms with Crippen LogP contribution in [0.5, 0.6) is 0 Å². The fourth-order valence-corrected chi connectivity index (χ4v) is 4.93. The summed E-state index contributed by atoms with van der Waals surface area (Å²) in [6.45, 7) is 2.75. The van der Waals surface area contributed by atoms with Gasteiger partial charge < -0.3 is 25.7 Å². The number of carbonyl (C=O) groups excluding carboxylic acids is 2. The molecule has 1 aliphatic carbocycles. The Hall–Kier alpha value is -3.67. The number of nitrogen functional groups attached to an aromatic ring is 1. The van der Waals surface area contributed by atoms with Gasteiger partial charge in [0.15, 0.2) is 5.65 Å². The molecule has 1 saturated carbocycles. The predicted molar refractivity (Wildman–Crippen MR) is 123 cm³/mol. The first-order valence-electron chi connectivity index (χ1n) is 11.7. The van der Waals surface area contributed by atoms with Crippen LogP contribution in [0.15, 0.2) is 18.3 Å². The van der Waals surface area contributed by atoms with E-state index >= 15 is 0 Å². The number of nitrogens with one attached hydrogen (secondary N) is 2. The van der Waals surface area contributed by atoms with Gasteiger partial charge in [-0.3, -0.25) is 9.59 Å². The van der Waals surface area contributed by atoms with Crippen LogP contribution in [-0.2, 0) is 17.5 Å². The smallest absolute Gasteiger partial charge is 0.384 e. The Labute approximate surface area is 203 Å². The normalized spacial score (nSPS) is 18.9. The van der Waals surface area contributed by atoms with Crippen molar-refractivity contribution in [2.45, 2.75) is 44.6 Å². The monoisotopic (exact) mass is 500 g/mol. The van der Waals surface area contributed by atoms with Crippen LogP contribution < -0.4 is 11.1 Å². The summed E-state index contributed by atoms with van der Waals surface area (Å²) in [5.41, 5.74) is 5.76. The topological polar surface area (TPSA) is 126 Å². The molecule has 6 rings (SSSR count). The van der Waals surface area contributed by atoms with Gasteiger partial charge in [-0.25, -0.2) is 9.97 Å². The number of rotatable bonds is 5. The van der Waals surface area contributed by atoms with E-state index in [0.29, 0.717) is 24.7 Å². The van der Waals surface area contributed by atoms with Gasteiger partial charge in [-0.15, -0.1) is 0 Å². The zero-order valence-corrected chi connectivity index (χ0v) is 19.3. The van der Waals surface area contributed by atoms with Crippen molar-refractivity contribution in [2.75, 3.05) is 18.9 Å². The van der Waals surface area contributed by atoms with Crippen LogP contribution in [0, 0.1) is 5.92 Å². The molecule has 12 heteroatoms. The van der Waals surface area contributed by atoms with Crippen molar-refractivity contribution in [1.29, 1.82) is 0 Å². The summed E-state index contributed by atoms with van der Waals surface area (Å²) in [5.74, 6) is -0.693. The molecule has 2 aromatic heterocycles. The number of fused-ring (bicyclic) bond motifs is 2. The average Bonchev–Trinajstić information content (AvgIpc) is 3.52. The number of ether oxygens (including phenoxy) is 1. The summed E-state index contributed by atoms with van der Waals surface area (Å²) in [5, 5.41) is 2.78. The van der Waals surface area contributed by atoms with Gasteiger partial charge in [0.1, 0.15) is 16.9 Å². The van der Waals surface area contributed by atoms with E-state index in [1.165, 1.54) is 11.1 Å². The summed E-state index contributed by atoms with van der Waals surface area (Å²) in [4.78, 5) is 38.9. The Morgan fingerprint density at radius 3 is 2.69 bits per heavy atom. The third kappa shape index (κ3) is 3.67. The number of alkyl halides is 3. The van der Waals surface area contributed by atoms with Gasteiger partial charge in [-0.1, -0.05) is 0 Å². The third-order valence-electron chi connectivity index (χ3n) is 7.16. The van der Waals surface area contributed by atoms with Crippen LogP contribution >= 0.6 is 0 Å². The summed E-state index contributed by atoms with van der Waals surface area (Å²) in [7, 11) is 0. The lowest BCUT2D eigenvalue weighted by Crippen LogP contribution is -2.48. The quantitative estimate of drug-likeness (QED) is 0.494. The second-order valence-corrected chi connectivity index (χ2v) is 9.64. The number of aromatic nitrogens is 3. The predicted octanol–water partition coefficient (Wildman–Crippen LogP) is 3.11. The molecule has 2 aliphatic heterocycles. The van der Waals surface area contributed by atoms with E-state index in [9.17, 15) is 22.8 Å². The van der Waals surface area contributed by atoms with Crippen LogP contribution in [0.4, 0.5) is 19.0 Å². The van der Waals surface area contributed by atoms with Crippen LogP contribution in [0.2, 0.25) is 0 Å². The van der Waals surface area contributed by atoms with Crippen molar-refractivity contribution in [2.24, 2.45) is 5.92 Å². The maximum Gasteiger partial charge on any atom is 0.417 e. The third-order valence-corrected chi connectivity index (χ3v) is 7.16. The van der Waals surface area contributed by atoms with Crippen molar-refractivity contribution in [1.82, 2.24) is 25.2 Å². The van der Waals surface area contributed by atoms with Gasteiger partial charge in [0.25, 0.3) is 11.8 Å². The number of nitrogens with zero attached hydrogens (tertiary/aromatic N) is 3. The molecule has 2 fully saturated rings. The average molecular weight is 500 g/mol. The number of aromatic amines is 1. The largest absolute Gasteiger partial charge is 0.417 e. The lowest BCUT2D eigenvalue weighted by molar-refractivity contribution is -0.137. The van der Waals surface area contributed by atoms with Crippen molar-refractivity contribution in [3.8, 4) is 11.3 Å². The number of halogens is 3. The highest BCUT2D eigenvalue weighted by Crippen LogP contribution is 2.43. The second-order valence-electron chi connectivity index (χ2n) is 9.64. The first-order chi connectivity index (χ1) is 17.1. The Morgan fingerprint density at radius 2 is 2.06 bits per heavy atom. The number of amides is 2. The summed E-state index contributed by atoms with van der Waals surface area (Å²) >= 11 is 0. The highest BCUT2D eigenvalue weighted by molar-refractivity contribution is 6.09. The van der Waals surface area contributed by atoms with Gasteiger partial charge in [0.05, 0.1) is 42.3 Å².